The van der Waals surface area contributed by atoms with Gasteiger partial charge in [-0.1, -0.05) is 18.2 Å². The van der Waals surface area contributed by atoms with Crippen molar-refractivity contribution in [3.05, 3.63) is 35.4 Å². The zero-order valence-electron chi connectivity index (χ0n) is 9.43. The molecule has 0 aliphatic carbocycles. The highest BCUT2D eigenvalue weighted by Gasteiger charge is 2.22. The number of methoxy groups -OCH3 is 1. The van der Waals surface area contributed by atoms with Crippen LogP contribution in [0.5, 0.6) is 5.75 Å². The van der Waals surface area contributed by atoms with Gasteiger partial charge in [-0.3, -0.25) is 4.79 Å². The van der Waals surface area contributed by atoms with Gasteiger partial charge in [0, 0.05) is 11.1 Å². The second-order valence-corrected chi connectivity index (χ2v) is 3.67. The van der Waals surface area contributed by atoms with Crippen LogP contribution in [0.15, 0.2) is 29.8 Å². The number of carbonyl (C=O) groups excluding carboxylic acids is 2. The van der Waals surface area contributed by atoms with Crippen molar-refractivity contribution in [3.8, 4) is 5.75 Å². The largest absolute Gasteiger partial charge is 0.496 e. The van der Waals surface area contributed by atoms with E-state index < -0.39 is 11.9 Å². The van der Waals surface area contributed by atoms with Gasteiger partial charge in [0.2, 0.25) is 0 Å². The minimum Gasteiger partial charge on any atom is -0.496 e. The first kappa shape index (κ1) is 11.4. The fourth-order valence-electron chi connectivity index (χ4n) is 1.66. The van der Waals surface area contributed by atoms with Gasteiger partial charge in [-0.05, 0) is 18.6 Å². The van der Waals surface area contributed by atoms with Crippen LogP contribution in [0.2, 0.25) is 0 Å². The molecule has 0 amide bonds. The average molecular weight is 232 g/mol. The Kier molecular flexibility index (Phi) is 3.23. The number of cyclic esters (lactones) is 2. The summed E-state index contributed by atoms with van der Waals surface area (Å²) in [6, 6.07) is 7.36. The van der Waals surface area contributed by atoms with E-state index >= 15 is 0 Å². The maximum Gasteiger partial charge on any atom is 0.341 e. The summed E-state index contributed by atoms with van der Waals surface area (Å²) in [5.74, 6) is -0.343. The predicted octanol–water partition coefficient (Wildman–Crippen LogP) is 1.94. The third-order valence-electron chi connectivity index (χ3n) is 2.54. The third kappa shape index (κ3) is 2.53. The zero-order chi connectivity index (χ0) is 12.3. The topological polar surface area (TPSA) is 52.6 Å². The number of ether oxygens (including phenoxy) is 2. The van der Waals surface area contributed by atoms with Crippen molar-refractivity contribution in [3.63, 3.8) is 0 Å². The van der Waals surface area contributed by atoms with Crippen LogP contribution >= 0.6 is 0 Å². The van der Waals surface area contributed by atoms with Crippen LogP contribution in [0.4, 0.5) is 0 Å². The Labute approximate surface area is 98.8 Å². The number of esters is 2. The first-order valence-electron chi connectivity index (χ1n) is 5.29. The van der Waals surface area contributed by atoms with E-state index in [2.05, 4.69) is 4.74 Å². The molecule has 17 heavy (non-hydrogen) atoms. The summed E-state index contributed by atoms with van der Waals surface area (Å²) in [4.78, 5) is 22.4. The van der Waals surface area contributed by atoms with Crippen LogP contribution in [0.1, 0.15) is 18.4 Å². The van der Waals surface area contributed by atoms with Crippen LogP contribution in [-0.4, -0.2) is 19.0 Å². The molecule has 0 spiro atoms. The lowest BCUT2D eigenvalue weighted by molar-refractivity contribution is -0.159. The Bertz CT molecular complexity index is 488. The molecule has 1 saturated heterocycles. The minimum atomic E-state index is -0.563. The SMILES string of the molecule is COc1ccccc1/C=C1\CCC(=O)OC1=O. The van der Waals surface area contributed by atoms with Crippen LogP contribution in [0, 0.1) is 0 Å². The normalized spacial score (nSPS) is 18.1. The van der Waals surface area contributed by atoms with Crippen molar-refractivity contribution in [1.29, 1.82) is 0 Å². The third-order valence-corrected chi connectivity index (χ3v) is 2.54. The maximum atomic E-state index is 11.5. The summed E-state index contributed by atoms with van der Waals surface area (Å²) in [7, 11) is 1.57. The Morgan fingerprint density at radius 3 is 2.71 bits per heavy atom. The van der Waals surface area contributed by atoms with Gasteiger partial charge in [0.25, 0.3) is 0 Å². The van der Waals surface area contributed by atoms with Gasteiger partial charge < -0.3 is 9.47 Å². The van der Waals surface area contributed by atoms with E-state index in [9.17, 15) is 9.59 Å². The highest BCUT2D eigenvalue weighted by Crippen LogP contribution is 2.24. The molecule has 1 heterocycles. The number of benzene rings is 1. The number of hydrogen-bond donors (Lipinski definition) is 0. The standard InChI is InChI=1S/C13H12O4/c1-16-11-5-3-2-4-9(11)8-10-6-7-12(14)17-13(10)15/h2-5,8H,6-7H2,1H3/b10-8+. The molecule has 1 fully saturated rings. The number of carbonyl (C=O) groups is 2. The Hall–Kier alpha value is -2.10. The first-order valence-corrected chi connectivity index (χ1v) is 5.29. The molecule has 0 aromatic heterocycles. The molecule has 0 atom stereocenters. The smallest absolute Gasteiger partial charge is 0.341 e. The molecular formula is C13H12O4. The molecule has 1 aromatic rings. The number of hydrogen-bond acceptors (Lipinski definition) is 4. The van der Waals surface area contributed by atoms with Gasteiger partial charge in [-0.2, -0.15) is 0 Å². The van der Waals surface area contributed by atoms with Gasteiger partial charge in [-0.25, -0.2) is 4.79 Å². The molecule has 1 aromatic carbocycles. The molecular weight excluding hydrogens is 220 g/mol. The summed E-state index contributed by atoms with van der Waals surface area (Å²) < 4.78 is 9.74. The van der Waals surface area contributed by atoms with Crippen molar-refractivity contribution in [2.45, 2.75) is 12.8 Å². The monoisotopic (exact) mass is 232 g/mol. The maximum absolute atomic E-state index is 11.5. The summed E-state index contributed by atoms with van der Waals surface area (Å²) >= 11 is 0. The average Bonchev–Trinajstić information content (AvgIpc) is 2.33. The van der Waals surface area contributed by atoms with E-state index in [0.29, 0.717) is 17.7 Å². The van der Waals surface area contributed by atoms with Crippen LogP contribution in [0.25, 0.3) is 6.08 Å². The highest BCUT2D eigenvalue weighted by atomic mass is 16.6. The van der Waals surface area contributed by atoms with Gasteiger partial charge >= 0.3 is 11.9 Å². The fraction of sp³-hybridized carbons (Fsp3) is 0.231. The first-order chi connectivity index (χ1) is 8.20. The Morgan fingerprint density at radius 1 is 1.24 bits per heavy atom. The van der Waals surface area contributed by atoms with Crippen molar-refractivity contribution < 1.29 is 19.1 Å². The molecule has 0 radical (unpaired) electrons. The van der Waals surface area contributed by atoms with Crippen LogP contribution in [-0.2, 0) is 14.3 Å². The van der Waals surface area contributed by atoms with Crippen molar-refractivity contribution in [2.24, 2.45) is 0 Å². The lowest BCUT2D eigenvalue weighted by Gasteiger charge is -2.12. The van der Waals surface area contributed by atoms with Crippen molar-refractivity contribution >= 4 is 18.0 Å². The molecule has 4 heteroatoms. The second kappa shape index (κ2) is 4.82. The number of para-hydroxylation sites is 1. The second-order valence-electron chi connectivity index (χ2n) is 3.67. The van der Waals surface area contributed by atoms with Crippen molar-refractivity contribution in [1.82, 2.24) is 0 Å². The molecule has 0 unspecified atom stereocenters. The molecule has 0 saturated carbocycles. The minimum absolute atomic E-state index is 0.243. The van der Waals surface area contributed by atoms with Gasteiger partial charge in [0.15, 0.2) is 0 Å². The van der Waals surface area contributed by atoms with Crippen LogP contribution < -0.4 is 4.74 Å². The molecule has 1 aliphatic heterocycles. The van der Waals surface area contributed by atoms with Gasteiger partial charge in [-0.15, -0.1) is 0 Å². The molecule has 0 N–H and O–H groups in total. The van der Waals surface area contributed by atoms with Gasteiger partial charge in [0.1, 0.15) is 5.75 Å². The molecule has 2 rings (SSSR count). The zero-order valence-corrected chi connectivity index (χ0v) is 9.43. The summed E-state index contributed by atoms with van der Waals surface area (Å²) in [6.07, 6.45) is 2.36. The van der Waals surface area contributed by atoms with E-state index in [4.69, 9.17) is 4.74 Å². The molecule has 1 aliphatic rings. The van der Waals surface area contributed by atoms with E-state index in [1.54, 1.807) is 13.2 Å². The predicted molar refractivity (Wildman–Crippen MR) is 61.3 cm³/mol. The van der Waals surface area contributed by atoms with E-state index in [0.717, 1.165) is 5.56 Å². The van der Waals surface area contributed by atoms with Gasteiger partial charge in [0.05, 0.1) is 13.5 Å². The lowest BCUT2D eigenvalue weighted by atomic mass is 10.0. The van der Waals surface area contributed by atoms with Crippen LogP contribution in [0.3, 0.4) is 0 Å². The fourth-order valence-corrected chi connectivity index (χ4v) is 1.66. The quantitative estimate of drug-likeness (QED) is 0.444. The Morgan fingerprint density at radius 2 is 2.00 bits per heavy atom. The van der Waals surface area contributed by atoms with E-state index in [1.165, 1.54) is 0 Å². The van der Waals surface area contributed by atoms with E-state index in [1.807, 2.05) is 24.3 Å². The Balaban J connectivity index is 2.29. The van der Waals surface area contributed by atoms with E-state index in [-0.39, 0.29) is 6.42 Å². The summed E-state index contributed by atoms with van der Waals surface area (Å²) in [5.41, 5.74) is 1.30. The molecule has 88 valence electrons. The molecule has 0 bridgehead atoms. The van der Waals surface area contributed by atoms with Crippen molar-refractivity contribution in [2.75, 3.05) is 7.11 Å². The summed E-state index contributed by atoms with van der Waals surface area (Å²) in [5, 5.41) is 0. The highest BCUT2D eigenvalue weighted by molar-refractivity contribution is 6.02. The number of rotatable bonds is 2. The molecule has 4 nitrogen and oxygen atoms in total. The summed E-state index contributed by atoms with van der Waals surface area (Å²) in [6.45, 7) is 0. The lowest BCUT2D eigenvalue weighted by Crippen LogP contribution is -2.20.